The predicted molar refractivity (Wildman–Crippen MR) is 75.9 cm³/mol. The molecular formula is C13H10Cl3NO. The first-order chi connectivity index (χ1) is 8.61. The Morgan fingerprint density at radius 1 is 1.00 bits per heavy atom. The van der Waals surface area contributed by atoms with E-state index in [2.05, 4.69) is 0 Å². The fraction of sp³-hybridized carbons (Fsp3) is 0.0769. The van der Waals surface area contributed by atoms with E-state index in [4.69, 9.17) is 45.3 Å². The average Bonchev–Trinajstić information content (AvgIpc) is 2.35. The molecule has 0 unspecified atom stereocenters. The third-order valence-electron chi connectivity index (χ3n) is 2.39. The second-order valence-electron chi connectivity index (χ2n) is 3.61. The third-order valence-corrected chi connectivity index (χ3v) is 3.54. The van der Waals surface area contributed by atoms with Crippen molar-refractivity contribution in [2.75, 3.05) is 0 Å². The van der Waals surface area contributed by atoms with Crippen LogP contribution in [-0.2, 0) is 6.54 Å². The largest absolute Gasteiger partial charge is 0.456 e. The van der Waals surface area contributed by atoms with E-state index in [1.54, 1.807) is 30.3 Å². The molecule has 2 rings (SSSR count). The lowest BCUT2D eigenvalue weighted by Gasteiger charge is -2.10. The number of hydrogen-bond acceptors (Lipinski definition) is 2. The molecule has 0 radical (unpaired) electrons. The molecule has 0 atom stereocenters. The summed E-state index contributed by atoms with van der Waals surface area (Å²) in [5, 5.41) is 1.38. The minimum absolute atomic E-state index is 0.373. The molecule has 0 aromatic heterocycles. The molecule has 0 saturated heterocycles. The van der Waals surface area contributed by atoms with E-state index in [0.29, 0.717) is 33.1 Å². The highest BCUT2D eigenvalue weighted by Gasteiger charge is 2.07. The smallest absolute Gasteiger partial charge is 0.147 e. The molecule has 0 saturated carbocycles. The average molecular weight is 303 g/mol. The Morgan fingerprint density at radius 3 is 2.44 bits per heavy atom. The number of ether oxygens (including phenoxy) is 1. The van der Waals surface area contributed by atoms with Gasteiger partial charge in [0.2, 0.25) is 0 Å². The molecule has 0 aliphatic heterocycles. The number of rotatable bonds is 3. The zero-order valence-electron chi connectivity index (χ0n) is 9.29. The van der Waals surface area contributed by atoms with Gasteiger partial charge in [0.15, 0.2) is 0 Å². The Hall–Kier alpha value is -0.930. The molecule has 0 spiro atoms. The molecule has 2 N–H and O–H groups in total. The molecule has 94 valence electrons. The van der Waals surface area contributed by atoms with Gasteiger partial charge in [-0.3, -0.25) is 0 Å². The third kappa shape index (κ3) is 2.90. The lowest BCUT2D eigenvalue weighted by molar-refractivity contribution is 0.483. The minimum atomic E-state index is 0.373. The van der Waals surface area contributed by atoms with Crippen LogP contribution in [0.25, 0.3) is 0 Å². The zero-order valence-corrected chi connectivity index (χ0v) is 11.6. The monoisotopic (exact) mass is 301 g/mol. The van der Waals surface area contributed by atoms with Crippen LogP contribution in [0.15, 0.2) is 36.4 Å². The maximum Gasteiger partial charge on any atom is 0.147 e. The lowest BCUT2D eigenvalue weighted by atomic mass is 10.2. The van der Waals surface area contributed by atoms with Crippen molar-refractivity contribution in [2.24, 2.45) is 5.73 Å². The van der Waals surface area contributed by atoms with Crippen molar-refractivity contribution in [1.82, 2.24) is 0 Å². The summed E-state index contributed by atoms with van der Waals surface area (Å²) in [6, 6.07) is 10.5. The maximum atomic E-state index is 6.05. The minimum Gasteiger partial charge on any atom is -0.456 e. The van der Waals surface area contributed by atoms with Crippen molar-refractivity contribution in [3.05, 3.63) is 57.0 Å². The van der Waals surface area contributed by atoms with Crippen molar-refractivity contribution < 1.29 is 4.74 Å². The van der Waals surface area contributed by atoms with Crippen molar-refractivity contribution in [1.29, 1.82) is 0 Å². The molecule has 0 fully saturated rings. The van der Waals surface area contributed by atoms with Gasteiger partial charge in [-0.1, -0.05) is 46.9 Å². The van der Waals surface area contributed by atoms with E-state index in [1.807, 2.05) is 6.07 Å². The summed E-state index contributed by atoms with van der Waals surface area (Å²) in [5.41, 5.74) is 6.40. The molecule has 0 aliphatic carbocycles. The van der Waals surface area contributed by atoms with Crippen molar-refractivity contribution in [3.8, 4) is 11.5 Å². The fourth-order valence-electron chi connectivity index (χ4n) is 1.45. The summed E-state index contributed by atoms with van der Waals surface area (Å²) >= 11 is 18.0. The SMILES string of the molecule is NCc1ccc(Oc2cccc(Cl)c2Cl)cc1Cl. The van der Waals surface area contributed by atoms with E-state index in [0.717, 1.165) is 5.56 Å². The highest BCUT2D eigenvalue weighted by atomic mass is 35.5. The number of benzene rings is 2. The summed E-state index contributed by atoms with van der Waals surface area (Å²) < 4.78 is 5.63. The zero-order chi connectivity index (χ0) is 13.1. The van der Waals surface area contributed by atoms with Crippen LogP contribution in [0.5, 0.6) is 11.5 Å². The maximum absolute atomic E-state index is 6.05. The van der Waals surface area contributed by atoms with Gasteiger partial charge < -0.3 is 10.5 Å². The molecule has 2 aromatic rings. The Balaban J connectivity index is 2.29. The molecule has 0 heterocycles. The highest BCUT2D eigenvalue weighted by Crippen LogP contribution is 2.35. The van der Waals surface area contributed by atoms with Gasteiger partial charge in [-0.15, -0.1) is 0 Å². The van der Waals surface area contributed by atoms with Gasteiger partial charge in [-0.25, -0.2) is 0 Å². The number of nitrogens with two attached hydrogens (primary N) is 1. The van der Waals surface area contributed by atoms with Crippen LogP contribution < -0.4 is 10.5 Å². The Morgan fingerprint density at radius 2 is 1.78 bits per heavy atom. The van der Waals surface area contributed by atoms with Crippen LogP contribution in [0.3, 0.4) is 0 Å². The summed E-state index contributed by atoms with van der Waals surface area (Å²) in [5.74, 6) is 1.07. The van der Waals surface area contributed by atoms with Crippen LogP contribution in [0, 0.1) is 0 Å². The van der Waals surface area contributed by atoms with E-state index < -0.39 is 0 Å². The number of halogens is 3. The normalized spacial score (nSPS) is 10.4. The van der Waals surface area contributed by atoms with Crippen LogP contribution in [0.4, 0.5) is 0 Å². The molecule has 0 bridgehead atoms. The first-order valence-electron chi connectivity index (χ1n) is 5.22. The van der Waals surface area contributed by atoms with E-state index >= 15 is 0 Å². The highest BCUT2D eigenvalue weighted by molar-refractivity contribution is 6.42. The van der Waals surface area contributed by atoms with Crippen LogP contribution in [0.2, 0.25) is 15.1 Å². The fourth-order valence-corrected chi connectivity index (χ4v) is 2.02. The van der Waals surface area contributed by atoms with Crippen LogP contribution >= 0.6 is 34.8 Å². The Kier molecular flexibility index (Phi) is 4.36. The van der Waals surface area contributed by atoms with E-state index in [-0.39, 0.29) is 0 Å². The Bertz CT molecular complexity index is 572. The molecule has 0 aliphatic rings. The second-order valence-corrected chi connectivity index (χ2v) is 4.80. The van der Waals surface area contributed by atoms with Crippen LogP contribution in [0.1, 0.15) is 5.56 Å². The lowest BCUT2D eigenvalue weighted by Crippen LogP contribution is -1.97. The van der Waals surface area contributed by atoms with Gasteiger partial charge in [0.25, 0.3) is 0 Å². The summed E-state index contributed by atoms with van der Waals surface area (Å²) in [7, 11) is 0. The first-order valence-corrected chi connectivity index (χ1v) is 6.35. The van der Waals surface area contributed by atoms with Gasteiger partial charge in [-0.2, -0.15) is 0 Å². The standard InChI is InChI=1S/C13H10Cl3NO/c14-10-2-1-3-12(13(10)16)18-9-5-4-8(7-17)11(15)6-9/h1-6H,7,17H2. The van der Waals surface area contributed by atoms with Crippen LogP contribution in [-0.4, -0.2) is 0 Å². The second kappa shape index (κ2) is 5.81. The predicted octanol–water partition coefficient (Wildman–Crippen LogP) is 4.90. The number of hydrogen-bond donors (Lipinski definition) is 1. The molecule has 18 heavy (non-hydrogen) atoms. The molecule has 5 heteroatoms. The van der Waals surface area contributed by atoms with Gasteiger partial charge >= 0.3 is 0 Å². The van der Waals surface area contributed by atoms with Gasteiger partial charge in [0.1, 0.15) is 16.5 Å². The summed E-state index contributed by atoms with van der Waals surface area (Å²) in [4.78, 5) is 0. The summed E-state index contributed by atoms with van der Waals surface area (Å²) in [6.45, 7) is 0.386. The van der Waals surface area contributed by atoms with E-state index in [9.17, 15) is 0 Å². The molecule has 2 aromatic carbocycles. The quantitative estimate of drug-likeness (QED) is 0.875. The van der Waals surface area contributed by atoms with E-state index in [1.165, 1.54) is 0 Å². The Labute approximate surface area is 120 Å². The molecular weight excluding hydrogens is 293 g/mol. The van der Waals surface area contributed by atoms with Crippen molar-refractivity contribution >= 4 is 34.8 Å². The topological polar surface area (TPSA) is 35.2 Å². The van der Waals surface area contributed by atoms with Gasteiger partial charge in [-0.05, 0) is 29.8 Å². The van der Waals surface area contributed by atoms with Crippen molar-refractivity contribution in [2.45, 2.75) is 6.54 Å². The summed E-state index contributed by atoms with van der Waals surface area (Å²) in [6.07, 6.45) is 0. The van der Waals surface area contributed by atoms with Gasteiger partial charge in [0.05, 0.1) is 5.02 Å². The molecule has 2 nitrogen and oxygen atoms in total. The first kappa shape index (κ1) is 13.5. The van der Waals surface area contributed by atoms with Crippen molar-refractivity contribution in [3.63, 3.8) is 0 Å². The van der Waals surface area contributed by atoms with Gasteiger partial charge in [0, 0.05) is 11.6 Å². The molecule has 0 amide bonds.